The molecule has 0 aromatic rings. The molecule has 16 heavy (non-hydrogen) atoms. The van der Waals surface area contributed by atoms with Crippen LogP contribution in [0.1, 0.15) is 19.3 Å². The normalized spacial score (nSPS) is 20.1. The number of hydrogen-bond donors (Lipinski definition) is 2. The summed E-state index contributed by atoms with van der Waals surface area (Å²) < 4.78 is 23.5. The Bertz CT molecular complexity index is 286. The van der Waals surface area contributed by atoms with Crippen molar-refractivity contribution in [1.29, 1.82) is 0 Å². The highest BCUT2D eigenvalue weighted by Crippen LogP contribution is 2.06. The van der Waals surface area contributed by atoms with Gasteiger partial charge in [-0.2, -0.15) is 12.7 Å². The highest BCUT2D eigenvalue weighted by atomic mass is 32.2. The van der Waals surface area contributed by atoms with Gasteiger partial charge in [0, 0.05) is 26.2 Å². The van der Waals surface area contributed by atoms with Crippen LogP contribution in [0.3, 0.4) is 0 Å². The maximum absolute atomic E-state index is 11.1. The van der Waals surface area contributed by atoms with E-state index >= 15 is 0 Å². The van der Waals surface area contributed by atoms with Crippen LogP contribution in [0.2, 0.25) is 0 Å². The van der Waals surface area contributed by atoms with E-state index in [9.17, 15) is 8.42 Å². The minimum absolute atomic E-state index is 0.510. The predicted molar refractivity (Wildman–Crippen MR) is 64.0 cm³/mol. The third-order valence-corrected chi connectivity index (χ3v) is 3.95. The maximum atomic E-state index is 11.1. The second-order valence-electron chi connectivity index (χ2n) is 4.13. The lowest BCUT2D eigenvalue weighted by atomic mass is 10.2. The third-order valence-electron chi connectivity index (χ3n) is 2.87. The molecule has 0 amide bonds. The molecule has 1 aliphatic rings. The van der Waals surface area contributed by atoms with Gasteiger partial charge in [0.15, 0.2) is 0 Å². The molecule has 0 saturated carbocycles. The molecule has 6 nitrogen and oxygen atoms in total. The number of hydrogen-bond acceptors (Lipinski definition) is 4. The van der Waals surface area contributed by atoms with E-state index in [1.807, 2.05) is 0 Å². The summed E-state index contributed by atoms with van der Waals surface area (Å²) in [5.74, 6) is 0. The van der Waals surface area contributed by atoms with Crippen LogP contribution in [0, 0.1) is 0 Å². The first-order valence-electron chi connectivity index (χ1n) is 5.74. The van der Waals surface area contributed by atoms with Crippen molar-refractivity contribution < 1.29 is 8.42 Å². The molecule has 0 aromatic heterocycles. The van der Waals surface area contributed by atoms with Crippen molar-refractivity contribution in [3.63, 3.8) is 0 Å². The molecule has 1 rings (SSSR count). The number of piperazine rings is 1. The highest BCUT2D eigenvalue weighted by Gasteiger charge is 2.23. The zero-order valence-electron chi connectivity index (χ0n) is 9.64. The predicted octanol–water partition coefficient (Wildman–Crippen LogP) is -1.06. The van der Waals surface area contributed by atoms with E-state index in [0.717, 1.165) is 45.4 Å². The van der Waals surface area contributed by atoms with Gasteiger partial charge in [-0.05, 0) is 25.9 Å². The number of rotatable bonds is 6. The molecule has 1 saturated heterocycles. The van der Waals surface area contributed by atoms with Gasteiger partial charge in [0.1, 0.15) is 0 Å². The van der Waals surface area contributed by atoms with Gasteiger partial charge in [-0.15, -0.1) is 0 Å². The average Bonchev–Trinajstić information content (AvgIpc) is 2.24. The van der Waals surface area contributed by atoms with E-state index in [0.29, 0.717) is 13.1 Å². The molecular weight excluding hydrogens is 228 g/mol. The smallest absolute Gasteiger partial charge is 0.276 e. The van der Waals surface area contributed by atoms with Gasteiger partial charge in [-0.25, -0.2) is 5.14 Å². The zero-order chi connectivity index (χ0) is 12.0. The van der Waals surface area contributed by atoms with Crippen LogP contribution in [-0.4, -0.2) is 56.9 Å². The van der Waals surface area contributed by atoms with E-state index < -0.39 is 10.2 Å². The minimum Gasteiger partial charge on any atom is -0.330 e. The third kappa shape index (κ3) is 4.75. The van der Waals surface area contributed by atoms with Crippen molar-refractivity contribution >= 4 is 10.2 Å². The molecule has 1 heterocycles. The van der Waals surface area contributed by atoms with Gasteiger partial charge in [-0.1, -0.05) is 6.42 Å². The van der Waals surface area contributed by atoms with E-state index in [1.165, 1.54) is 4.31 Å². The van der Waals surface area contributed by atoms with Crippen LogP contribution in [-0.2, 0) is 10.2 Å². The fourth-order valence-electron chi connectivity index (χ4n) is 1.86. The second-order valence-corrected chi connectivity index (χ2v) is 5.68. The Hall–Kier alpha value is -0.210. The monoisotopic (exact) mass is 250 g/mol. The highest BCUT2D eigenvalue weighted by molar-refractivity contribution is 7.86. The van der Waals surface area contributed by atoms with Crippen LogP contribution >= 0.6 is 0 Å². The topological polar surface area (TPSA) is 92.7 Å². The number of unbranched alkanes of at least 4 members (excludes halogenated alkanes) is 2. The molecule has 0 spiro atoms. The summed E-state index contributed by atoms with van der Waals surface area (Å²) in [4.78, 5) is 2.28. The van der Waals surface area contributed by atoms with Crippen LogP contribution in [0.5, 0.6) is 0 Å². The van der Waals surface area contributed by atoms with Crippen molar-refractivity contribution in [3.05, 3.63) is 0 Å². The van der Waals surface area contributed by atoms with Gasteiger partial charge in [-0.3, -0.25) is 0 Å². The Labute approximate surface area is 97.7 Å². The minimum atomic E-state index is -3.49. The quantitative estimate of drug-likeness (QED) is 0.587. The Morgan fingerprint density at radius 1 is 1.00 bits per heavy atom. The lowest BCUT2D eigenvalue weighted by Crippen LogP contribution is -2.50. The Morgan fingerprint density at radius 2 is 1.62 bits per heavy atom. The summed E-state index contributed by atoms with van der Waals surface area (Å²) in [6.07, 6.45) is 3.34. The molecule has 0 aliphatic carbocycles. The Morgan fingerprint density at radius 3 is 2.12 bits per heavy atom. The molecule has 96 valence electrons. The van der Waals surface area contributed by atoms with Gasteiger partial charge >= 0.3 is 0 Å². The molecule has 0 bridgehead atoms. The average molecular weight is 250 g/mol. The van der Waals surface area contributed by atoms with E-state index in [4.69, 9.17) is 10.9 Å². The summed E-state index contributed by atoms with van der Waals surface area (Å²) in [7, 11) is -3.49. The van der Waals surface area contributed by atoms with Gasteiger partial charge < -0.3 is 10.6 Å². The lowest BCUT2D eigenvalue weighted by molar-refractivity contribution is 0.185. The number of nitrogens with zero attached hydrogens (tertiary/aromatic N) is 2. The van der Waals surface area contributed by atoms with Crippen molar-refractivity contribution in [2.24, 2.45) is 10.9 Å². The molecule has 0 unspecified atom stereocenters. The first kappa shape index (κ1) is 13.9. The lowest BCUT2D eigenvalue weighted by Gasteiger charge is -2.32. The van der Waals surface area contributed by atoms with Crippen molar-refractivity contribution in [3.8, 4) is 0 Å². The van der Waals surface area contributed by atoms with Crippen molar-refractivity contribution in [2.45, 2.75) is 19.3 Å². The van der Waals surface area contributed by atoms with E-state index in [-0.39, 0.29) is 0 Å². The van der Waals surface area contributed by atoms with Gasteiger partial charge in [0.2, 0.25) is 0 Å². The van der Waals surface area contributed by atoms with Gasteiger partial charge in [0.25, 0.3) is 10.2 Å². The summed E-state index contributed by atoms with van der Waals surface area (Å²) in [5.41, 5.74) is 5.41. The fourth-order valence-corrected chi connectivity index (χ4v) is 2.54. The summed E-state index contributed by atoms with van der Waals surface area (Å²) in [6.45, 7) is 4.35. The molecular formula is C9H22N4O2S. The summed E-state index contributed by atoms with van der Waals surface area (Å²) >= 11 is 0. The zero-order valence-corrected chi connectivity index (χ0v) is 10.5. The fraction of sp³-hybridized carbons (Fsp3) is 1.00. The second kappa shape index (κ2) is 6.51. The Kier molecular flexibility index (Phi) is 5.63. The summed E-state index contributed by atoms with van der Waals surface area (Å²) in [5, 5.41) is 5.06. The largest absolute Gasteiger partial charge is 0.330 e. The maximum Gasteiger partial charge on any atom is 0.276 e. The first-order valence-corrected chi connectivity index (χ1v) is 7.24. The first-order chi connectivity index (χ1) is 7.54. The van der Waals surface area contributed by atoms with E-state index in [2.05, 4.69) is 4.90 Å². The molecule has 0 radical (unpaired) electrons. The van der Waals surface area contributed by atoms with Crippen LogP contribution in [0.15, 0.2) is 0 Å². The van der Waals surface area contributed by atoms with Crippen molar-refractivity contribution in [1.82, 2.24) is 9.21 Å². The molecule has 0 atom stereocenters. The van der Waals surface area contributed by atoms with Crippen LogP contribution in [0.4, 0.5) is 0 Å². The summed E-state index contributed by atoms with van der Waals surface area (Å²) in [6, 6.07) is 0. The van der Waals surface area contributed by atoms with Crippen LogP contribution < -0.4 is 10.9 Å². The van der Waals surface area contributed by atoms with Crippen molar-refractivity contribution in [2.75, 3.05) is 39.3 Å². The molecule has 1 fully saturated rings. The molecule has 1 aliphatic heterocycles. The van der Waals surface area contributed by atoms with Crippen LogP contribution in [0.25, 0.3) is 0 Å². The Balaban J connectivity index is 2.17. The van der Waals surface area contributed by atoms with E-state index in [1.54, 1.807) is 0 Å². The van der Waals surface area contributed by atoms with Gasteiger partial charge in [0.05, 0.1) is 0 Å². The molecule has 4 N–H and O–H groups in total. The number of nitrogens with two attached hydrogens (primary N) is 2. The SMILES string of the molecule is NCCCCCN1CCN(S(N)(=O)=O)CC1. The standard InChI is InChI=1S/C9H22N4O2S/c10-4-2-1-3-5-12-6-8-13(9-7-12)16(11,14)15/h1-10H2,(H2,11,14,15). The molecule has 7 heteroatoms. The molecule has 0 aromatic carbocycles.